The molecule has 1 atom stereocenters. The Morgan fingerprint density at radius 3 is 2.52 bits per heavy atom. The Morgan fingerprint density at radius 1 is 1.38 bits per heavy atom. The number of thioether (sulfide) groups is 1. The molecule has 0 radical (unpaired) electrons. The lowest BCUT2D eigenvalue weighted by Gasteiger charge is -2.13. The molecule has 2 rings (SSSR count). The van der Waals surface area contributed by atoms with Crippen molar-refractivity contribution in [1.82, 2.24) is 4.90 Å². The molecule has 1 saturated heterocycles. The van der Waals surface area contributed by atoms with Crippen molar-refractivity contribution in [3.63, 3.8) is 0 Å². The van der Waals surface area contributed by atoms with Gasteiger partial charge in [0.25, 0.3) is 0 Å². The fraction of sp³-hybridized carbons (Fsp3) is 0.308. The van der Waals surface area contributed by atoms with Crippen LogP contribution in [-0.4, -0.2) is 38.8 Å². The standard InChI is InChI=1S/C13H12Cl2N2O3S/c1-2-17-12(20)10(6-11(18)19)21-13(17)16-9-4-7(14)3-8(15)5-9/h3-5,10H,2,6H2,1H3,(H,18,19). The molecule has 0 aliphatic carbocycles. The van der Waals surface area contributed by atoms with E-state index in [0.29, 0.717) is 27.4 Å². The van der Waals surface area contributed by atoms with Crippen LogP contribution in [0, 0.1) is 0 Å². The summed E-state index contributed by atoms with van der Waals surface area (Å²) in [6.45, 7) is 2.23. The summed E-state index contributed by atoms with van der Waals surface area (Å²) in [4.78, 5) is 28.7. The van der Waals surface area contributed by atoms with Gasteiger partial charge >= 0.3 is 5.97 Å². The summed E-state index contributed by atoms with van der Waals surface area (Å²) in [7, 11) is 0. The molecule has 1 amide bonds. The topological polar surface area (TPSA) is 70.0 Å². The molecule has 112 valence electrons. The van der Waals surface area contributed by atoms with Crippen LogP contribution in [0.4, 0.5) is 5.69 Å². The molecule has 1 heterocycles. The summed E-state index contributed by atoms with van der Waals surface area (Å²) in [6.07, 6.45) is -0.227. The second-order valence-corrected chi connectivity index (χ2v) is 6.35. The molecule has 0 aromatic heterocycles. The lowest BCUT2D eigenvalue weighted by molar-refractivity contribution is -0.139. The van der Waals surface area contributed by atoms with Crippen molar-refractivity contribution < 1.29 is 14.7 Å². The molecule has 5 nitrogen and oxygen atoms in total. The quantitative estimate of drug-likeness (QED) is 0.906. The molecule has 1 aliphatic rings. The number of carbonyl (C=O) groups is 2. The van der Waals surface area contributed by atoms with Gasteiger partial charge in [0.05, 0.1) is 12.1 Å². The molecule has 0 spiro atoms. The smallest absolute Gasteiger partial charge is 0.305 e. The van der Waals surface area contributed by atoms with E-state index in [2.05, 4.69) is 4.99 Å². The van der Waals surface area contributed by atoms with E-state index < -0.39 is 11.2 Å². The number of aliphatic carboxylic acids is 1. The van der Waals surface area contributed by atoms with Crippen molar-refractivity contribution in [3.8, 4) is 0 Å². The van der Waals surface area contributed by atoms with E-state index in [1.54, 1.807) is 18.2 Å². The maximum absolute atomic E-state index is 12.1. The largest absolute Gasteiger partial charge is 0.481 e. The van der Waals surface area contributed by atoms with Gasteiger partial charge in [-0.3, -0.25) is 14.5 Å². The number of halogens is 2. The zero-order chi connectivity index (χ0) is 15.6. The van der Waals surface area contributed by atoms with E-state index in [1.807, 2.05) is 6.92 Å². The minimum atomic E-state index is -1.01. The molecule has 1 aromatic rings. The van der Waals surface area contributed by atoms with Crippen molar-refractivity contribution in [1.29, 1.82) is 0 Å². The van der Waals surface area contributed by atoms with E-state index in [0.717, 1.165) is 11.8 Å². The average molecular weight is 347 g/mol. The van der Waals surface area contributed by atoms with Crippen molar-refractivity contribution >= 4 is 57.7 Å². The van der Waals surface area contributed by atoms with Gasteiger partial charge in [0, 0.05) is 16.6 Å². The second kappa shape index (κ2) is 6.68. The van der Waals surface area contributed by atoms with Gasteiger partial charge in [0.15, 0.2) is 5.17 Å². The van der Waals surface area contributed by atoms with Crippen LogP contribution in [0.15, 0.2) is 23.2 Å². The summed E-state index contributed by atoms with van der Waals surface area (Å²) in [5, 5.41) is 9.55. The highest BCUT2D eigenvalue weighted by Crippen LogP contribution is 2.32. The van der Waals surface area contributed by atoms with Gasteiger partial charge in [-0.25, -0.2) is 4.99 Å². The van der Waals surface area contributed by atoms with Gasteiger partial charge in [-0.2, -0.15) is 0 Å². The molecule has 8 heteroatoms. The van der Waals surface area contributed by atoms with Gasteiger partial charge < -0.3 is 5.11 Å². The predicted molar refractivity (Wildman–Crippen MR) is 84.6 cm³/mol. The number of rotatable bonds is 4. The maximum Gasteiger partial charge on any atom is 0.305 e. The van der Waals surface area contributed by atoms with E-state index in [4.69, 9.17) is 28.3 Å². The molecule has 1 aromatic carbocycles. The number of benzene rings is 1. The normalized spacial score (nSPS) is 20.3. The van der Waals surface area contributed by atoms with Crippen LogP contribution in [0.3, 0.4) is 0 Å². The summed E-state index contributed by atoms with van der Waals surface area (Å²) in [6, 6.07) is 4.85. The Morgan fingerprint density at radius 2 is 2.00 bits per heavy atom. The van der Waals surface area contributed by atoms with Gasteiger partial charge in [0.2, 0.25) is 5.91 Å². The first kappa shape index (κ1) is 16.1. The number of amidine groups is 1. The maximum atomic E-state index is 12.1. The van der Waals surface area contributed by atoms with Crippen LogP contribution in [0.1, 0.15) is 13.3 Å². The average Bonchev–Trinajstić information content (AvgIpc) is 2.63. The van der Waals surface area contributed by atoms with Crippen molar-refractivity contribution in [3.05, 3.63) is 28.2 Å². The van der Waals surface area contributed by atoms with Crippen LogP contribution in [0.2, 0.25) is 10.0 Å². The molecule has 0 saturated carbocycles. The lowest BCUT2D eigenvalue weighted by atomic mass is 10.3. The van der Waals surface area contributed by atoms with E-state index in [-0.39, 0.29) is 12.3 Å². The zero-order valence-corrected chi connectivity index (χ0v) is 13.4. The minimum Gasteiger partial charge on any atom is -0.481 e. The van der Waals surface area contributed by atoms with Gasteiger partial charge in [-0.15, -0.1) is 0 Å². The number of aliphatic imine (C=N–C) groups is 1. The summed E-state index contributed by atoms with van der Waals surface area (Å²) < 4.78 is 0. The highest BCUT2D eigenvalue weighted by Gasteiger charge is 2.38. The second-order valence-electron chi connectivity index (χ2n) is 4.31. The zero-order valence-electron chi connectivity index (χ0n) is 11.0. The van der Waals surface area contributed by atoms with Crippen LogP contribution >= 0.6 is 35.0 Å². The Hall–Kier alpha value is -1.24. The Bertz CT molecular complexity index is 601. The number of nitrogens with zero attached hydrogens (tertiary/aromatic N) is 2. The van der Waals surface area contributed by atoms with Crippen molar-refractivity contribution in [2.45, 2.75) is 18.6 Å². The molecule has 1 unspecified atom stereocenters. The molecule has 1 fully saturated rings. The monoisotopic (exact) mass is 346 g/mol. The van der Waals surface area contributed by atoms with E-state index >= 15 is 0 Å². The minimum absolute atomic E-state index is 0.227. The highest BCUT2D eigenvalue weighted by atomic mass is 35.5. The number of hydrogen-bond acceptors (Lipinski definition) is 4. The molecular formula is C13H12Cl2N2O3S. The van der Waals surface area contributed by atoms with E-state index in [1.165, 1.54) is 4.90 Å². The van der Waals surface area contributed by atoms with Crippen LogP contribution in [0.25, 0.3) is 0 Å². The first-order chi connectivity index (χ1) is 9.90. The SMILES string of the molecule is CCN1C(=O)C(CC(=O)O)SC1=Nc1cc(Cl)cc(Cl)c1. The lowest BCUT2D eigenvalue weighted by Crippen LogP contribution is -2.32. The third kappa shape index (κ3) is 3.90. The van der Waals surface area contributed by atoms with Crippen molar-refractivity contribution in [2.75, 3.05) is 6.54 Å². The van der Waals surface area contributed by atoms with Gasteiger partial charge in [0.1, 0.15) is 5.25 Å². The first-order valence-electron chi connectivity index (χ1n) is 6.15. The molecule has 1 aliphatic heterocycles. The molecule has 21 heavy (non-hydrogen) atoms. The summed E-state index contributed by atoms with van der Waals surface area (Å²) in [5.74, 6) is -1.25. The Balaban J connectivity index is 2.30. The van der Waals surface area contributed by atoms with Crippen molar-refractivity contribution in [2.24, 2.45) is 4.99 Å². The number of amides is 1. The fourth-order valence-electron chi connectivity index (χ4n) is 1.89. The molecule has 0 bridgehead atoms. The van der Waals surface area contributed by atoms with E-state index in [9.17, 15) is 9.59 Å². The van der Waals surface area contributed by atoms with Crippen LogP contribution in [-0.2, 0) is 9.59 Å². The number of hydrogen-bond donors (Lipinski definition) is 1. The van der Waals surface area contributed by atoms with Gasteiger partial charge in [-0.05, 0) is 25.1 Å². The summed E-state index contributed by atoms with van der Waals surface area (Å²) >= 11 is 13.0. The summed E-state index contributed by atoms with van der Waals surface area (Å²) in [5.41, 5.74) is 0.525. The number of carboxylic acid groups (broad SMARTS) is 1. The fourth-order valence-corrected chi connectivity index (χ4v) is 3.62. The third-order valence-electron chi connectivity index (χ3n) is 2.77. The Labute approximate surface area is 135 Å². The van der Waals surface area contributed by atoms with Gasteiger partial charge in [-0.1, -0.05) is 35.0 Å². The first-order valence-corrected chi connectivity index (χ1v) is 7.79. The molecule has 1 N–H and O–H groups in total. The number of carbonyl (C=O) groups excluding carboxylic acids is 1. The third-order valence-corrected chi connectivity index (χ3v) is 4.38. The predicted octanol–water partition coefficient (Wildman–Crippen LogP) is 3.42. The van der Waals surface area contributed by atoms with Crippen LogP contribution < -0.4 is 0 Å². The number of carboxylic acids is 1. The highest BCUT2D eigenvalue weighted by molar-refractivity contribution is 8.15. The molecular weight excluding hydrogens is 335 g/mol. The van der Waals surface area contributed by atoms with Crippen LogP contribution in [0.5, 0.6) is 0 Å². The Kier molecular flexibility index (Phi) is 5.13.